The molecule has 0 amide bonds. The Morgan fingerprint density at radius 3 is 2.96 bits per heavy atom. The molecule has 0 unspecified atom stereocenters. The fraction of sp³-hybridized carbons (Fsp3) is 0.222. The molecular formula is C18H19N3O2. The number of para-hydroxylation sites is 1. The Morgan fingerprint density at radius 2 is 2.04 bits per heavy atom. The van der Waals surface area contributed by atoms with Crippen molar-refractivity contribution in [3.8, 4) is 0 Å². The third-order valence-corrected chi connectivity index (χ3v) is 3.68. The molecule has 0 radical (unpaired) electrons. The summed E-state index contributed by atoms with van der Waals surface area (Å²) in [6.07, 6.45) is 6.06. The molecule has 2 heterocycles. The van der Waals surface area contributed by atoms with Crippen LogP contribution in [-0.4, -0.2) is 23.0 Å². The summed E-state index contributed by atoms with van der Waals surface area (Å²) in [4.78, 5) is 4.36. The van der Waals surface area contributed by atoms with Crippen LogP contribution in [0.15, 0.2) is 58.2 Å². The Bertz CT molecular complexity index is 790. The molecule has 3 rings (SSSR count). The normalized spacial score (nSPS) is 11.3. The molecule has 0 saturated heterocycles. The van der Waals surface area contributed by atoms with Gasteiger partial charge in [0.05, 0.1) is 5.52 Å². The third-order valence-electron chi connectivity index (χ3n) is 3.68. The zero-order valence-corrected chi connectivity index (χ0v) is 12.8. The van der Waals surface area contributed by atoms with Crippen molar-refractivity contribution in [3.63, 3.8) is 0 Å². The minimum atomic E-state index is 0.573. The van der Waals surface area contributed by atoms with Gasteiger partial charge in [-0.2, -0.15) is 0 Å². The quantitative estimate of drug-likeness (QED) is 0.299. The van der Waals surface area contributed by atoms with Gasteiger partial charge in [-0.3, -0.25) is 4.98 Å². The summed E-state index contributed by atoms with van der Waals surface area (Å²) in [6, 6.07) is 13.9. The predicted octanol–water partition coefficient (Wildman–Crippen LogP) is 4.07. The maximum atomic E-state index is 8.46. The number of furan rings is 1. The molecule has 2 N–H and O–H groups in total. The number of aromatic nitrogens is 1. The monoisotopic (exact) mass is 309 g/mol. The van der Waals surface area contributed by atoms with Crippen LogP contribution in [0, 0.1) is 0 Å². The van der Waals surface area contributed by atoms with E-state index in [1.165, 1.54) is 6.21 Å². The molecule has 0 aliphatic carbocycles. The van der Waals surface area contributed by atoms with Crippen LogP contribution in [0.5, 0.6) is 0 Å². The van der Waals surface area contributed by atoms with Gasteiger partial charge in [0.2, 0.25) is 0 Å². The fourth-order valence-corrected chi connectivity index (χ4v) is 2.55. The van der Waals surface area contributed by atoms with Gasteiger partial charge in [0.1, 0.15) is 17.7 Å². The van der Waals surface area contributed by atoms with Crippen LogP contribution >= 0.6 is 0 Å². The van der Waals surface area contributed by atoms with Gasteiger partial charge in [0.15, 0.2) is 0 Å². The standard InChI is InChI=1S/C18H19N3O2/c22-21-13-15-9-8-14(23-15)5-3-4-11-19-18-10-12-20-17-7-2-1-6-16(17)18/h1-2,6-10,12-13,22H,3-5,11H2,(H,19,20)/b21-13-. The van der Waals surface area contributed by atoms with Crippen molar-refractivity contribution in [1.82, 2.24) is 4.98 Å². The second kappa shape index (κ2) is 7.45. The number of pyridine rings is 1. The lowest BCUT2D eigenvalue weighted by Crippen LogP contribution is -2.02. The Morgan fingerprint density at radius 1 is 1.13 bits per heavy atom. The molecule has 0 saturated carbocycles. The van der Waals surface area contributed by atoms with Crippen molar-refractivity contribution in [2.75, 3.05) is 11.9 Å². The summed E-state index contributed by atoms with van der Waals surface area (Å²) in [5.74, 6) is 1.48. The fourth-order valence-electron chi connectivity index (χ4n) is 2.55. The summed E-state index contributed by atoms with van der Waals surface area (Å²) < 4.78 is 5.51. The molecule has 0 aliphatic rings. The first kappa shape index (κ1) is 15.1. The van der Waals surface area contributed by atoms with Crippen molar-refractivity contribution in [1.29, 1.82) is 0 Å². The van der Waals surface area contributed by atoms with Crippen molar-refractivity contribution < 1.29 is 9.62 Å². The second-order valence-corrected chi connectivity index (χ2v) is 5.31. The molecule has 5 nitrogen and oxygen atoms in total. The Hall–Kier alpha value is -2.82. The van der Waals surface area contributed by atoms with E-state index >= 15 is 0 Å². The van der Waals surface area contributed by atoms with Gasteiger partial charge < -0.3 is 14.9 Å². The lowest BCUT2D eigenvalue weighted by molar-refractivity contribution is 0.320. The van der Waals surface area contributed by atoms with Gasteiger partial charge in [-0.05, 0) is 37.1 Å². The van der Waals surface area contributed by atoms with E-state index in [-0.39, 0.29) is 0 Å². The van der Waals surface area contributed by atoms with Crippen LogP contribution in [0.2, 0.25) is 0 Å². The SMILES string of the molecule is O/N=C\c1ccc(CCCCNc2ccnc3ccccc23)o1. The number of anilines is 1. The largest absolute Gasteiger partial charge is 0.460 e. The van der Waals surface area contributed by atoms with E-state index in [2.05, 4.69) is 21.5 Å². The number of rotatable bonds is 7. The average molecular weight is 309 g/mol. The zero-order chi connectivity index (χ0) is 15.9. The minimum absolute atomic E-state index is 0.573. The number of nitrogens with zero attached hydrogens (tertiary/aromatic N) is 2. The first-order valence-corrected chi connectivity index (χ1v) is 7.70. The van der Waals surface area contributed by atoms with E-state index in [4.69, 9.17) is 9.62 Å². The number of unbranched alkanes of at least 4 members (excludes halogenated alkanes) is 1. The minimum Gasteiger partial charge on any atom is -0.460 e. The Kier molecular flexibility index (Phi) is 4.88. The van der Waals surface area contributed by atoms with Crippen LogP contribution in [-0.2, 0) is 6.42 Å². The smallest absolute Gasteiger partial charge is 0.148 e. The second-order valence-electron chi connectivity index (χ2n) is 5.31. The van der Waals surface area contributed by atoms with Gasteiger partial charge in [-0.15, -0.1) is 0 Å². The van der Waals surface area contributed by atoms with E-state index in [0.29, 0.717) is 5.76 Å². The molecule has 1 aromatic carbocycles. The summed E-state index contributed by atoms with van der Waals surface area (Å²) in [7, 11) is 0. The number of oxime groups is 1. The van der Waals surface area contributed by atoms with Gasteiger partial charge in [-0.25, -0.2) is 0 Å². The molecule has 0 bridgehead atoms. The van der Waals surface area contributed by atoms with E-state index in [1.807, 2.05) is 36.5 Å². The summed E-state index contributed by atoms with van der Waals surface area (Å²) >= 11 is 0. The van der Waals surface area contributed by atoms with Crippen LogP contribution in [0.1, 0.15) is 24.4 Å². The molecular weight excluding hydrogens is 290 g/mol. The van der Waals surface area contributed by atoms with E-state index in [9.17, 15) is 0 Å². The van der Waals surface area contributed by atoms with Crippen molar-refractivity contribution in [2.45, 2.75) is 19.3 Å². The maximum absolute atomic E-state index is 8.46. The highest BCUT2D eigenvalue weighted by molar-refractivity contribution is 5.90. The number of hydrogen-bond acceptors (Lipinski definition) is 5. The van der Waals surface area contributed by atoms with Crippen molar-refractivity contribution in [2.24, 2.45) is 5.16 Å². The molecule has 5 heteroatoms. The van der Waals surface area contributed by atoms with Gasteiger partial charge in [0.25, 0.3) is 0 Å². The third kappa shape index (κ3) is 3.88. The highest BCUT2D eigenvalue weighted by Gasteiger charge is 2.02. The number of hydrogen-bond donors (Lipinski definition) is 2. The maximum Gasteiger partial charge on any atom is 0.148 e. The van der Waals surface area contributed by atoms with Crippen LogP contribution in [0.4, 0.5) is 5.69 Å². The topological polar surface area (TPSA) is 70.7 Å². The van der Waals surface area contributed by atoms with Crippen molar-refractivity contribution in [3.05, 3.63) is 60.2 Å². The predicted molar refractivity (Wildman–Crippen MR) is 91.3 cm³/mol. The molecule has 23 heavy (non-hydrogen) atoms. The number of benzene rings is 1. The summed E-state index contributed by atoms with van der Waals surface area (Å²) in [5, 5.41) is 16.0. The molecule has 3 aromatic rings. The van der Waals surface area contributed by atoms with Crippen molar-refractivity contribution >= 4 is 22.8 Å². The number of nitrogens with one attached hydrogen (secondary N) is 1. The Labute approximate surface area is 134 Å². The lowest BCUT2D eigenvalue weighted by atomic mass is 10.1. The summed E-state index contributed by atoms with van der Waals surface area (Å²) in [5.41, 5.74) is 2.13. The van der Waals surface area contributed by atoms with Crippen LogP contribution < -0.4 is 5.32 Å². The molecule has 0 fully saturated rings. The van der Waals surface area contributed by atoms with Crippen LogP contribution in [0.3, 0.4) is 0 Å². The van der Waals surface area contributed by atoms with E-state index in [1.54, 1.807) is 6.07 Å². The van der Waals surface area contributed by atoms with E-state index in [0.717, 1.165) is 48.2 Å². The first-order valence-electron chi connectivity index (χ1n) is 7.70. The molecule has 0 aliphatic heterocycles. The number of aryl methyl sites for hydroxylation is 1. The highest BCUT2D eigenvalue weighted by atomic mass is 16.4. The van der Waals surface area contributed by atoms with Gasteiger partial charge in [-0.1, -0.05) is 23.4 Å². The summed E-state index contributed by atoms with van der Waals surface area (Å²) in [6.45, 7) is 0.902. The zero-order valence-electron chi connectivity index (χ0n) is 12.8. The van der Waals surface area contributed by atoms with Gasteiger partial charge in [0, 0.05) is 30.2 Å². The van der Waals surface area contributed by atoms with Gasteiger partial charge >= 0.3 is 0 Å². The first-order chi connectivity index (χ1) is 11.4. The van der Waals surface area contributed by atoms with E-state index < -0.39 is 0 Å². The van der Waals surface area contributed by atoms with Crippen LogP contribution in [0.25, 0.3) is 10.9 Å². The number of fused-ring (bicyclic) bond motifs is 1. The highest BCUT2D eigenvalue weighted by Crippen LogP contribution is 2.21. The average Bonchev–Trinajstić information content (AvgIpc) is 3.02. The Balaban J connectivity index is 1.47. The molecule has 0 atom stereocenters. The molecule has 2 aromatic heterocycles. The molecule has 118 valence electrons. The molecule has 0 spiro atoms. The lowest BCUT2D eigenvalue weighted by Gasteiger charge is -2.08.